The lowest BCUT2D eigenvalue weighted by Gasteiger charge is -1.98. The normalized spacial score (nSPS) is 9.61. The first-order valence-corrected chi connectivity index (χ1v) is 5.66. The summed E-state index contributed by atoms with van der Waals surface area (Å²) in [6, 6.07) is 0. The van der Waals surface area contributed by atoms with Crippen molar-refractivity contribution in [1.29, 1.82) is 0 Å². The van der Waals surface area contributed by atoms with Crippen LogP contribution < -0.4 is 33.0 Å². The fourth-order valence-corrected chi connectivity index (χ4v) is 1.50. The van der Waals surface area contributed by atoms with Crippen molar-refractivity contribution in [3.63, 3.8) is 0 Å². The van der Waals surface area contributed by atoms with Crippen LogP contribution in [0.2, 0.25) is 0 Å². The fourth-order valence-electron chi connectivity index (χ4n) is 1.50. The molecule has 1 aromatic heterocycles. The number of imidazole rings is 1. The van der Waals surface area contributed by atoms with Gasteiger partial charge in [-0.05, 0) is 6.42 Å². The van der Waals surface area contributed by atoms with Gasteiger partial charge in [-0.25, -0.2) is 9.13 Å². The van der Waals surface area contributed by atoms with Gasteiger partial charge in [0.1, 0.15) is 18.2 Å². The zero-order valence-corrected chi connectivity index (χ0v) is 12.1. The van der Waals surface area contributed by atoms with Gasteiger partial charge < -0.3 is 28.4 Å². The Bertz CT molecular complexity index is 398. The van der Waals surface area contributed by atoms with E-state index in [1.54, 1.807) is 0 Å². The van der Waals surface area contributed by atoms with Crippen LogP contribution in [0.1, 0.15) is 19.3 Å². The zero-order chi connectivity index (χ0) is 12.7. The maximum Gasteiger partial charge on any atom is 0.243 e. The summed E-state index contributed by atoms with van der Waals surface area (Å²) >= 11 is 0. The molecule has 18 heavy (non-hydrogen) atoms. The van der Waals surface area contributed by atoms with Gasteiger partial charge in [-0.2, -0.15) is 0 Å². The van der Waals surface area contributed by atoms with Crippen LogP contribution in [0.15, 0.2) is 23.7 Å². The van der Waals surface area contributed by atoms with Gasteiger partial charge in [0.15, 0.2) is 5.96 Å². The van der Waals surface area contributed by atoms with Gasteiger partial charge in [0.2, 0.25) is 6.33 Å². The van der Waals surface area contributed by atoms with Crippen LogP contribution in [0.3, 0.4) is 0 Å². The SMILES string of the molecule is C[n+]1ccn(CCC(=O)CCCN=C(N)N)c1.[Br-]. The Balaban J connectivity index is 0.00000289. The van der Waals surface area contributed by atoms with E-state index < -0.39 is 0 Å². The molecule has 0 amide bonds. The van der Waals surface area contributed by atoms with Crippen LogP contribution in [0, 0.1) is 0 Å². The minimum absolute atomic E-state index is 0. The molecule has 0 saturated heterocycles. The molecule has 0 fully saturated rings. The molecule has 0 aromatic carbocycles. The second kappa shape index (κ2) is 8.68. The van der Waals surface area contributed by atoms with E-state index in [0.29, 0.717) is 25.8 Å². The number of nitrogens with two attached hydrogens (primary N) is 2. The minimum atomic E-state index is 0. The average molecular weight is 318 g/mol. The molecule has 4 N–H and O–H groups in total. The summed E-state index contributed by atoms with van der Waals surface area (Å²) in [5.74, 6) is 0.324. The lowest BCUT2D eigenvalue weighted by molar-refractivity contribution is -0.671. The Hall–Kier alpha value is -1.37. The van der Waals surface area contributed by atoms with Crippen molar-refractivity contribution < 1.29 is 26.3 Å². The quantitative estimate of drug-likeness (QED) is 0.235. The Morgan fingerprint density at radius 3 is 2.67 bits per heavy atom. The predicted octanol–water partition coefficient (Wildman–Crippen LogP) is -3.67. The first-order valence-electron chi connectivity index (χ1n) is 5.66. The molecule has 0 unspecified atom stereocenters. The van der Waals surface area contributed by atoms with Crippen LogP contribution >= 0.6 is 0 Å². The third-order valence-corrected chi connectivity index (χ3v) is 2.38. The summed E-state index contributed by atoms with van der Waals surface area (Å²) in [6.07, 6.45) is 7.64. The van der Waals surface area contributed by atoms with E-state index in [2.05, 4.69) is 4.99 Å². The predicted molar refractivity (Wildman–Crippen MR) is 65.1 cm³/mol. The number of Topliss-reactive ketones (excluding diaryl/α,β-unsaturated/α-hetero) is 1. The molecule has 1 aromatic rings. The molecule has 0 aliphatic heterocycles. The average Bonchev–Trinajstić information content (AvgIpc) is 2.67. The maximum atomic E-state index is 11.5. The number of carbonyl (C=O) groups is 1. The van der Waals surface area contributed by atoms with Crippen molar-refractivity contribution in [1.82, 2.24) is 4.57 Å². The standard InChI is InChI=1S/C11H20N5O.BrH/c1-15-7-8-16(9-15)6-4-10(17)3-2-5-14-11(12)13;/h7-9H,2-6H2,1H3,(H4,12,13,14);1H/q+1;/p-1. The van der Waals surface area contributed by atoms with Crippen LogP contribution in [0.25, 0.3) is 0 Å². The van der Waals surface area contributed by atoms with Crippen molar-refractivity contribution in [3.8, 4) is 0 Å². The highest BCUT2D eigenvalue weighted by molar-refractivity contribution is 5.78. The number of aromatic nitrogens is 2. The highest BCUT2D eigenvalue weighted by Gasteiger charge is 2.05. The van der Waals surface area contributed by atoms with Crippen molar-refractivity contribution in [2.75, 3.05) is 6.54 Å². The molecule has 1 rings (SSSR count). The van der Waals surface area contributed by atoms with E-state index >= 15 is 0 Å². The Morgan fingerprint density at radius 1 is 1.39 bits per heavy atom. The number of ketones is 1. The summed E-state index contributed by atoms with van der Waals surface area (Å²) in [5, 5.41) is 0. The maximum absolute atomic E-state index is 11.5. The highest BCUT2D eigenvalue weighted by atomic mass is 79.9. The summed E-state index contributed by atoms with van der Waals surface area (Å²) < 4.78 is 3.94. The lowest BCUT2D eigenvalue weighted by Crippen LogP contribution is -3.00. The third-order valence-electron chi connectivity index (χ3n) is 2.38. The van der Waals surface area contributed by atoms with Crippen LogP contribution in [-0.2, 0) is 18.4 Å². The molecule has 1 heterocycles. The molecule has 7 heteroatoms. The molecule has 0 spiro atoms. The van der Waals surface area contributed by atoms with Gasteiger partial charge in [0.05, 0.1) is 13.6 Å². The number of rotatable bonds is 7. The summed E-state index contributed by atoms with van der Waals surface area (Å²) in [6.45, 7) is 1.24. The van der Waals surface area contributed by atoms with Crippen LogP contribution in [0.5, 0.6) is 0 Å². The Morgan fingerprint density at radius 2 is 2.11 bits per heavy atom. The van der Waals surface area contributed by atoms with Crippen molar-refractivity contribution >= 4 is 11.7 Å². The molecule has 6 nitrogen and oxygen atoms in total. The Kier molecular flexibility index (Phi) is 8.02. The van der Waals surface area contributed by atoms with Gasteiger partial charge in [0, 0.05) is 19.4 Å². The van der Waals surface area contributed by atoms with Gasteiger partial charge in [-0.3, -0.25) is 9.79 Å². The fraction of sp³-hybridized carbons (Fsp3) is 0.545. The number of halogens is 1. The molecule has 102 valence electrons. The van der Waals surface area contributed by atoms with E-state index in [1.807, 2.05) is 34.9 Å². The van der Waals surface area contributed by atoms with E-state index in [1.165, 1.54) is 0 Å². The summed E-state index contributed by atoms with van der Waals surface area (Å²) in [4.78, 5) is 15.4. The molecule has 0 radical (unpaired) electrons. The molecule has 0 atom stereocenters. The number of guanidine groups is 1. The molecule has 0 aliphatic carbocycles. The number of aliphatic imine (C=N–C) groups is 1. The van der Waals surface area contributed by atoms with Gasteiger partial charge in [-0.1, -0.05) is 0 Å². The van der Waals surface area contributed by atoms with Gasteiger partial charge in [-0.15, -0.1) is 0 Å². The van der Waals surface area contributed by atoms with Gasteiger partial charge >= 0.3 is 0 Å². The topological polar surface area (TPSA) is 90.3 Å². The second-order valence-electron chi connectivity index (χ2n) is 4.02. The minimum Gasteiger partial charge on any atom is -1.00 e. The van der Waals surface area contributed by atoms with Crippen molar-refractivity contribution in [2.24, 2.45) is 23.5 Å². The zero-order valence-electron chi connectivity index (χ0n) is 10.6. The van der Waals surface area contributed by atoms with E-state index in [4.69, 9.17) is 11.5 Å². The number of aryl methyl sites for hydroxylation is 2. The van der Waals surface area contributed by atoms with Crippen molar-refractivity contribution in [2.45, 2.75) is 25.8 Å². The second-order valence-corrected chi connectivity index (χ2v) is 4.02. The molecular weight excluding hydrogens is 298 g/mol. The van der Waals surface area contributed by atoms with E-state index in [-0.39, 0.29) is 28.7 Å². The molecule has 0 aliphatic rings. The van der Waals surface area contributed by atoms with E-state index in [0.717, 1.165) is 6.54 Å². The largest absolute Gasteiger partial charge is 1.00 e. The molecule has 0 saturated carbocycles. The first-order chi connectivity index (χ1) is 8.08. The number of nitrogens with zero attached hydrogens (tertiary/aromatic N) is 3. The smallest absolute Gasteiger partial charge is 0.243 e. The highest BCUT2D eigenvalue weighted by Crippen LogP contribution is 1.98. The number of hydrogen-bond acceptors (Lipinski definition) is 2. The Labute approximate surface area is 117 Å². The van der Waals surface area contributed by atoms with E-state index in [9.17, 15) is 4.79 Å². The first kappa shape index (κ1) is 16.6. The molecule has 0 bridgehead atoms. The monoisotopic (exact) mass is 317 g/mol. The number of hydrogen-bond donors (Lipinski definition) is 2. The molecular formula is C11H20BrN5O. The lowest BCUT2D eigenvalue weighted by atomic mass is 10.1. The van der Waals surface area contributed by atoms with Crippen LogP contribution in [-0.4, -0.2) is 22.9 Å². The van der Waals surface area contributed by atoms with Gasteiger partial charge in [0.25, 0.3) is 0 Å². The van der Waals surface area contributed by atoms with Crippen molar-refractivity contribution in [3.05, 3.63) is 18.7 Å². The van der Waals surface area contributed by atoms with Crippen LogP contribution in [0.4, 0.5) is 0 Å². The summed E-state index contributed by atoms with van der Waals surface area (Å²) in [7, 11) is 1.95. The summed E-state index contributed by atoms with van der Waals surface area (Å²) in [5.41, 5.74) is 10.4. The number of carbonyl (C=O) groups excluding carboxylic acids is 1. The third kappa shape index (κ3) is 7.05.